The Bertz CT molecular complexity index is 277. The molecular formula is C12H21NO2S. The van der Waals surface area contributed by atoms with E-state index in [1.54, 1.807) is 11.9 Å². The lowest BCUT2D eigenvalue weighted by Crippen LogP contribution is -2.30. The second-order valence-electron chi connectivity index (χ2n) is 6.04. The molecule has 0 aromatic heterocycles. The minimum absolute atomic E-state index is 0.306. The molecule has 0 unspecified atom stereocenters. The minimum Gasteiger partial charge on any atom is -0.443 e. The van der Waals surface area contributed by atoms with Crippen molar-refractivity contribution in [1.29, 1.82) is 0 Å². The van der Waals surface area contributed by atoms with Gasteiger partial charge in [-0.2, -0.15) is 0 Å². The summed E-state index contributed by atoms with van der Waals surface area (Å²) < 4.78 is 8.39. The summed E-state index contributed by atoms with van der Waals surface area (Å²) >= 11 is 1.58. The summed E-state index contributed by atoms with van der Waals surface area (Å²) in [5.74, 6) is 0.926. The lowest BCUT2D eigenvalue weighted by molar-refractivity contribution is 0.0574. The second kappa shape index (κ2) is 4.13. The molecule has 1 amide bonds. The van der Waals surface area contributed by atoms with Crippen molar-refractivity contribution in [3.8, 4) is 0 Å². The maximum Gasteiger partial charge on any atom is 0.417 e. The van der Waals surface area contributed by atoms with E-state index in [0.717, 1.165) is 5.92 Å². The first kappa shape index (κ1) is 12.1. The number of rotatable bonds is 4. The van der Waals surface area contributed by atoms with Crippen LogP contribution in [0.1, 0.15) is 52.9 Å². The Hall–Kier alpha value is -0.380. The molecule has 2 aliphatic rings. The summed E-state index contributed by atoms with van der Waals surface area (Å²) in [5, 5.41) is 0. The zero-order chi connectivity index (χ0) is 11.8. The molecule has 4 heteroatoms. The number of ether oxygens (including phenoxy) is 1. The Morgan fingerprint density at radius 2 is 2.06 bits per heavy atom. The van der Waals surface area contributed by atoms with Gasteiger partial charge in [0.05, 0.1) is 0 Å². The lowest BCUT2D eigenvalue weighted by atomic mass is 10.2. The van der Waals surface area contributed by atoms with Gasteiger partial charge in [0.2, 0.25) is 0 Å². The molecule has 2 fully saturated rings. The monoisotopic (exact) mass is 243 g/mol. The van der Waals surface area contributed by atoms with Gasteiger partial charge >= 0.3 is 6.09 Å². The third-order valence-corrected chi connectivity index (χ3v) is 4.19. The first-order valence-electron chi connectivity index (χ1n) is 6.06. The second-order valence-corrected chi connectivity index (χ2v) is 7.31. The number of nitrogens with one attached hydrogen (secondary N) is 1. The van der Waals surface area contributed by atoms with Crippen LogP contribution >= 0.6 is 11.9 Å². The summed E-state index contributed by atoms with van der Waals surface area (Å²) in [7, 11) is 0. The van der Waals surface area contributed by atoms with E-state index in [1.807, 2.05) is 20.8 Å². The molecule has 2 aliphatic carbocycles. The van der Waals surface area contributed by atoms with Crippen molar-refractivity contribution in [2.45, 2.75) is 63.2 Å². The molecule has 0 aromatic carbocycles. The van der Waals surface area contributed by atoms with Crippen molar-refractivity contribution in [3.05, 3.63) is 0 Å². The first-order valence-corrected chi connectivity index (χ1v) is 6.87. The van der Waals surface area contributed by atoms with Crippen LogP contribution in [0.4, 0.5) is 4.79 Å². The third kappa shape index (κ3) is 3.89. The van der Waals surface area contributed by atoms with Crippen LogP contribution in [0.3, 0.4) is 0 Å². The first-order chi connectivity index (χ1) is 7.39. The highest BCUT2D eigenvalue weighted by Gasteiger charge is 2.47. The Morgan fingerprint density at radius 1 is 1.44 bits per heavy atom. The highest BCUT2D eigenvalue weighted by Crippen LogP contribution is 2.55. The van der Waals surface area contributed by atoms with Crippen molar-refractivity contribution < 1.29 is 9.53 Å². The molecule has 16 heavy (non-hydrogen) atoms. The molecule has 0 atom stereocenters. The van der Waals surface area contributed by atoms with Gasteiger partial charge in [-0.05, 0) is 57.9 Å². The fraction of sp³-hybridized carbons (Fsp3) is 0.917. The minimum atomic E-state index is -0.405. The number of carbonyl (C=O) groups is 1. The molecule has 0 aliphatic heterocycles. The topological polar surface area (TPSA) is 38.3 Å². The number of amides is 1. The van der Waals surface area contributed by atoms with Crippen molar-refractivity contribution in [3.63, 3.8) is 0 Å². The highest BCUT2D eigenvalue weighted by molar-refractivity contribution is 7.99. The summed E-state index contributed by atoms with van der Waals surface area (Å²) in [6, 6.07) is 0. The zero-order valence-electron chi connectivity index (χ0n) is 10.3. The van der Waals surface area contributed by atoms with Crippen LogP contribution in [-0.2, 0) is 4.74 Å². The largest absolute Gasteiger partial charge is 0.443 e. The van der Waals surface area contributed by atoms with Gasteiger partial charge in [0.15, 0.2) is 0 Å². The van der Waals surface area contributed by atoms with Crippen LogP contribution in [0.5, 0.6) is 0 Å². The van der Waals surface area contributed by atoms with E-state index < -0.39 is 5.60 Å². The SMILES string of the molecule is CC(C)(C)OC(=O)NSC1(CC2CC2)CC1. The van der Waals surface area contributed by atoms with E-state index in [-0.39, 0.29) is 6.09 Å². The number of hydrogen-bond acceptors (Lipinski definition) is 3. The molecule has 0 saturated heterocycles. The van der Waals surface area contributed by atoms with Crippen molar-refractivity contribution in [2.75, 3.05) is 0 Å². The standard InChI is InChI=1S/C12H21NO2S/c1-11(2,3)15-10(14)13-16-12(6-7-12)8-9-4-5-9/h9H,4-8H2,1-3H3,(H,13,14). The van der Waals surface area contributed by atoms with E-state index in [9.17, 15) is 4.79 Å². The van der Waals surface area contributed by atoms with Gasteiger partial charge in [0.25, 0.3) is 0 Å². The molecule has 1 N–H and O–H groups in total. The average molecular weight is 243 g/mol. The molecule has 0 radical (unpaired) electrons. The van der Waals surface area contributed by atoms with E-state index in [2.05, 4.69) is 4.72 Å². The quantitative estimate of drug-likeness (QED) is 0.768. The van der Waals surface area contributed by atoms with Crippen molar-refractivity contribution in [1.82, 2.24) is 4.72 Å². The van der Waals surface area contributed by atoms with Crippen LogP contribution in [-0.4, -0.2) is 16.4 Å². The van der Waals surface area contributed by atoms with Gasteiger partial charge in [-0.1, -0.05) is 12.8 Å². The van der Waals surface area contributed by atoms with Gasteiger partial charge < -0.3 is 4.74 Å². The van der Waals surface area contributed by atoms with Crippen LogP contribution in [0.25, 0.3) is 0 Å². The Morgan fingerprint density at radius 3 is 2.50 bits per heavy atom. The normalized spacial score (nSPS) is 22.7. The average Bonchev–Trinajstić information content (AvgIpc) is 2.99. The van der Waals surface area contributed by atoms with E-state index in [0.29, 0.717) is 4.75 Å². The summed E-state index contributed by atoms with van der Waals surface area (Å²) in [4.78, 5) is 11.5. The number of carbonyl (C=O) groups excluding carboxylic acids is 1. The van der Waals surface area contributed by atoms with E-state index in [1.165, 1.54) is 32.1 Å². The van der Waals surface area contributed by atoms with E-state index in [4.69, 9.17) is 4.74 Å². The summed E-state index contributed by atoms with van der Waals surface area (Å²) in [6.45, 7) is 5.65. The maximum atomic E-state index is 11.5. The molecule has 2 saturated carbocycles. The van der Waals surface area contributed by atoms with Crippen molar-refractivity contribution >= 4 is 18.0 Å². The van der Waals surface area contributed by atoms with Gasteiger partial charge in [0.1, 0.15) is 5.60 Å². The molecular weight excluding hydrogens is 222 g/mol. The van der Waals surface area contributed by atoms with Crippen LogP contribution in [0.2, 0.25) is 0 Å². The van der Waals surface area contributed by atoms with Gasteiger partial charge in [0, 0.05) is 4.75 Å². The fourth-order valence-corrected chi connectivity index (χ4v) is 2.75. The molecule has 2 rings (SSSR count). The summed E-state index contributed by atoms with van der Waals surface area (Å²) in [6.07, 6.45) is 6.21. The van der Waals surface area contributed by atoms with Crippen LogP contribution in [0, 0.1) is 5.92 Å². The highest BCUT2D eigenvalue weighted by atomic mass is 32.2. The Kier molecular flexibility index (Phi) is 3.12. The molecule has 0 spiro atoms. The fourth-order valence-electron chi connectivity index (χ4n) is 1.78. The van der Waals surface area contributed by atoms with Gasteiger partial charge in [-0.15, -0.1) is 0 Å². The Labute approximate surface area is 102 Å². The van der Waals surface area contributed by atoms with Crippen molar-refractivity contribution in [2.24, 2.45) is 5.92 Å². The van der Waals surface area contributed by atoms with Crippen LogP contribution < -0.4 is 4.72 Å². The molecule has 0 aromatic rings. The smallest absolute Gasteiger partial charge is 0.417 e. The zero-order valence-corrected chi connectivity index (χ0v) is 11.2. The number of hydrogen-bond donors (Lipinski definition) is 1. The third-order valence-electron chi connectivity index (χ3n) is 2.92. The predicted octanol–water partition coefficient (Wildman–Crippen LogP) is 3.49. The van der Waals surface area contributed by atoms with Gasteiger partial charge in [-0.3, -0.25) is 4.72 Å². The predicted molar refractivity (Wildman–Crippen MR) is 66.3 cm³/mol. The van der Waals surface area contributed by atoms with Gasteiger partial charge in [-0.25, -0.2) is 4.79 Å². The Balaban J connectivity index is 1.68. The molecule has 92 valence electrons. The summed E-state index contributed by atoms with van der Waals surface area (Å²) in [5.41, 5.74) is -0.405. The maximum absolute atomic E-state index is 11.5. The molecule has 3 nitrogen and oxygen atoms in total. The lowest BCUT2D eigenvalue weighted by Gasteiger charge is -2.21. The molecule has 0 bridgehead atoms. The van der Waals surface area contributed by atoms with Crippen LogP contribution in [0.15, 0.2) is 0 Å². The van der Waals surface area contributed by atoms with E-state index >= 15 is 0 Å². The molecule has 0 heterocycles.